The van der Waals surface area contributed by atoms with Crippen LogP contribution in [-0.2, 0) is 21.1 Å². The van der Waals surface area contributed by atoms with E-state index in [2.05, 4.69) is 15.3 Å². The van der Waals surface area contributed by atoms with E-state index in [9.17, 15) is 13.2 Å². The van der Waals surface area contributed by atoms with Crippen molar-refractivity contribution < 1.29 is 17.9 Å². The highest BCUT2D eigenvalue weighted by Crippen LogP contribution is 2.23. The number of aliphatic imine (C=N–C) groups is 1. The molecule has 0 aliphatic carbocycles. The molecule has 1 aliphatic heterocycles. The second-order valence-electron chi connectivity index (χ2n) is 7.64. The SMILES string of the molecule is NC(=NCc1ccc(S(=O)(=O)c2cccc(C(=O)N3CCOCC3)c2)cc1)Nc1ccncc1. The zero-order valence-corrected chi connectivity index (χ0v) is 19.2. The Morgan fingerprint density at radius 3 is 2.44 bits per heavy atom. The van der Waals surface area contributed by atoms with Gasteiger partial charge in [-0.05, 0) is 48.0 Å². The van der Waals surface area contributed by atoms with Crippen molar-refractivity contribution in [2.45, 2.75) is 16.3 Å². The third-order valence-corrected chi connectivity index (χ3v) is 7.08. The second kappa shape index (κ2) is 10.4. The van der Waals surface area contributed by atoms with Gasteiger partial charge >= 0.3 is 0 Å². The Bertz CT molecular complexity index is 1270. The van der Waals surface area contributed by atoms with E-state index >= 15 is 0 Å². The van der Waals surface area contributed by atoms with E-state index < -0.39 is 9.84 Å². The first-order valence-electron chi connectivity index (χ1n) is 10.7. The molecule has 9 nitrogen and oxygen atoms in total. The zero-order valence-electron chi connectivity index (χ0n) is 18.4. The summed E-state index contributed by atoms with van der Waals surface area (Å²) in [5, 5.41) is 2.96. The Labute approximate surface area is 198 Å². The number of hydrogen-bond acceptors (Lipinski definition) is 6. The summed E-state index contributed by atoms with van der Waals surface area (Å²) >= 11 is 0. The number of hydrogen-bond donors (Lipinski definition) is 2. The molecule has 1 amide bonds. The van der Waals surface area contributed by atoms with Crippen molar-refractivity contribution in [1.82, 2.24) is 9.88 Å². The van der Waals surface area contributed by atoms with E-state index in [-0.39, 0.29) is 28.2 Å². The summed E-state index contributed by atoms with van der Waals surface area (Å²) in [7, 11) is -3.79. The number of carbonyl (C=O) groups is 1. The minimum atomic E-state index is -3.79. The van der Waals surface area contributed by atoms with E-state index in [0.29, 0.717) is 31.9 Å². The summed E-state index contributed by atoms with van der Waals surface area (Å²) in [4.78, 5) is 22.8. The number of morpholine rings is 1. The average Bonchev–Trinajstić information content (AvgIpc) is 2.88. The number of benzene rings is 2. The van der Waals surface area contributed by atoms with Gasteiger partial charge in [-0.25, -0.2) is 13.4 Å². The molecule has 0 spiro atoms. The summed E-state index contributed by atoms with van der Waals surface area (Å²) in [6.45, 7) is 2.22. The van der Waals surface area contributed by atoms with Crippen molar-refractivity contribution in [3.63, 3.8) is 0 Å². The normalized spacial score (nSPS) is 14.6. The third kappa shape index (κ3) is 5.59. The second-order valence-corrected chi connectivity index (χ2v) is 9.59. The molecule has 1 aromatic heterocycles. The van der Waals surface area contributed by atoms with Crippen molar-refractivity contribution in [3.8, 4) is 0 Å². The Hall–Kier alpha value is -3.76. The van der Waals surface area contributed by atoms with Gasteiger partial charge in [0, 0.05) is 36.7 Å². The predicted molar refractivity (Wildman–Crippen MR) is 128 cm³/mol. The summed E-state index contributed by atoms with van der Waals surface area (Å²) in [6.07, 6.45) is 3.28. The highest BCUT2D eigenvalue weighted by Gasteiger charge is 2.22. The predicted octanol–water partition coefficient (Wildman–Crippen LogP) is 2.31. The maximum absolute atomic E-state index is 13.2. The molecule has 34 heavy (non-hydrogen) atoms. The van der Waals surface area contributed by atoms with Crippen LogP contribution in [0.15, 0.2) is 87.8 Å². The van der Waals surface area contributed by atoms with Gasteiger partial charge in [0.15, 0.2) is 5.96 Å². The number of pyridine rings is 1. The fourth-order valence-electron chi connectivity index (χ4n) is 3.45. The molecular weight excluding hydrogens is 454 g/mol. The number of amides is 1. The summed E-state index contributed by atoms with van der Waals surface area (Å²) < 4.78 is 31.6. The minimum absolute atomic E-state index is 0.0724. The van der Waals surface area contributed by atoms with E-state index in [1.807, 2.05) is 0 Å². The molecule has 3 aromatic rings. The zero-order chi connectivity index (χ0) is 24.0. The van der Waals surface area contributed by atoms with Crippen LogP contribution in [0.1, 0.15) is 15.9 Å². The first kappa shape index (κ1) is 23.4. The molecule has 0 unspecified atom stereocenters. The van der Waals surface area contributed by atoms with Crippen LogP contribution in [0.25, 0.3) is 0 Å². The molecule has 10 heteroatoms. The van der Waals surface area contributed by atoms with E-state index in [1.54, 1.807) is 53.7 Å². The first-order chi connectivity index (χ1) is 16.4. The van der Waals surface area contributed by atoms with E-state index in [1.165, 1.54) is 24.3 Å². The molecule has 0 saturated carbocycles. The largest absolute Gasteiger partial charge is 0.378 e. The van der Waals surface area contributed by atoms with Crippen molar-refractivity contribution in [2.75, 3.05) is 31.6 Å². The number of anilines is 1. The number of aromatic nitrogens is 1. The number of nitrogens with two attached hydrogens (primary N) is 1. The molecule has 2 heterocycles. The van der Waals surface area contributed by atoms with Gasteiger partial charge in [0.2, 0.25) is 9.84 Å². The monoisotopic (exact) mass is 479 g/mol. The number of rotatable bonds is 6. The quantitative estimate of drug-likeness (QED) is 0.410. The average molecular weight is 480 g/mol. The van der Waals surface area contributed by atoms with Gasteiger partial charge < -0.3 is 20.7 Å². The topological polar surface area (TPSA) is 127 Å². The van der Waals surface area contributed by atoms with Crippen LogP contribution in [0.4, 0.5) is 5.69 Å². The molecule has 3 N–H and O–H groups in total. The van der Waals surface area contributed by atoms with Crippen LogP contribution in [0, 0.1) is 0 Å². The van der Waals surface area contributed by atoms with Crippen LogP contribution >= 0.6 is 0 Å². The molecule has 176 valence electrons. The highest BCUT2D eigenvalue weighted by molar-refractivity contribution is 7.91. The lowest BCUT2D eigenvalue weighted by atomic mass is 10.2. The number of carbonyl (C=O) groups excluding carboxylic acids is 1. The Morgan fingerprint density at radius 1 is 1.03 bits per heavy atom. The van der Waals surface area contributed by atoms with Crippen LogP contribution in [0.3, 0.4) is 0 Å². The lowest BCUT2D eigenvalue weighted by Crippen LogP contribution is -2.40. The Morgan fingerprint density at radius 2 is 1.74 bits per heavy atom. The highest BCUT2D eigenvalue weighted by atomic mass is 32.2. The van der Waals surface area contributed by atoms with Gasteiger partial charge in [0.25, 0.3) is 5.91 Å². The standard InChI is InChI=1S/C24H25N5O4S/c25-24(28-20-8-10-26-11-9-20)27-17-18-4-6-21(7-5-18)34(31,32)22-3-1-2-19(16-22)23(30)29-12-14-33-15-13-29/h1-11,16H,12-15,17H2,(H3,25,26,27,28). The molecule has 0 atom stereocenters. The molecule has 2 aromatic carbocycles. The number of sulfone groups is 1. The van der Waals surface area contributed by atoms with Crippen molar-refractivity contribution >= 4 is 27.4 Å². The third-order valence-electron chi connectivity index (χ3n) is 5.31. The summed E-state index contributed by atoms with van der Waals surface area (Å²) in [6, 6.07) is 16.1. The van der Waals surface area contributed by atoms with Gasteiger partial charge in [-0.2, -0.15) is 0 Å². The fourth-order valence-corrected chi connectivity index (χ4v) is 4.76. The molecule has 0 bridgehead atoms. The smallest absolute Gasteiger partial charge is 0.254 e. The van der Waals surface area contributed by atoms with Crippen LogP contribution in [0.2, 0.25) is 0 Å². The maximum atomic E-state index is 13.2. The molecule has 4 rings (SSSR count). The van der Waals surface area contributed by atoms with E-state index in [4.69, 9.17) is 10.5 Å². The lowest BCUT2D eigenvalue weighted by molar-refractivity contribution is 0.0302. The number of nitrogens with zero attached hydrogens (tertiary/aromatic N) is 3. The Kier molecular flexibility index (Phi) is 7.19. The van der Waals surface area contributed by atoms with Crippen LogP contribution in [0.5, 0.6) is 0 Å². The molecular formula is C24H25N5O4S. The number of ether oxygens (including phenoxy) is 1. The molecule has 1 aliphatic rings. The van der Waals surface area contributed by atoms with Gasteiger partial charge in [0.1, 0.15) is 0 Å². The van der Waals surface area contributed by atoms with Gasteiger partial charge in [-0.1, -0.05) is 18.2 Å². The number of nitrogens with one attached hydrogen (secondary N) is 1. The van der Waals surface area contributed by atoms with Crippen LogP contribution in [-0.4, -0.2) is 56.5 Å². The molecule has 1 fully saturated rings. The Balaban J connectivity index is 1.45. The molecule has 1 saturated heterocycles. The summed E-state index contributed by atoms with van der Waals surface area (Å²) in [5.74, 6) is 0.0381. The number of guanidine groups is 1. The van der Waals surface area contributed by atoms with Gasteiger partial charge in [0.05, 0.1) is 29.5 Å². The first-order valence-corrected chi connectivity index (χ1v) is 12.2. The van der Waals surface area contributed by atoms with Crippen LogP contribution < -0.4 is 11.1 Å². The van der Waals surface area contributed by atoms with Gasteiger partial charge in [-0.3, -0.25) is 9.78 Å². The van der Waals surface area contributed by atoms with Gasteiger partial charge in [-0.15, -0.1) is 0 Å². The van der Waals surface area contributed by atoms with Crippen molar-refractivity contribution in [1.29, 1.82) is 0 Å². The lowest BCUT2D eigenvalue weighted by Gasteiger charge is -2.27. The summed E-state index contributed by atoms with van der Waals surface area (Å²) in [5.41, 5.74) is 7.82. The minimum Gasteiger partial charge on any atom is -0.378 e. The van der Waals surface area contributed by atoms with E-state index in [0.717, 1.165) is 11.3 Å². The maximum Gasteiger partial charge on any atom is 0.254 e. The van der Waals surface area contributed by atoms with Crippen molar-refractivity contribution in [3.05, 3.63) is 84.2 Å². The van der Waals surface area contributed by atoms with Crippen molar-refractivity contribution in [2.24, 2.45) is 10.7 Å². The fraction of sp³-hybridized carbons (Fsp3) is 0.208. The molecule has 0 radical (unpaired) electrons.